The van der Waals surface area contributed by atoms with Gasteiger partial charge in [-0.15, -0.1) is 5.10 Å². The van der Waals surface area contributed by atoms with Crippen molar-refractivity contribution >= 4 is 12.2 Å². The minimum Gasteiger partial charge on any atom is -0.393 e. The number of hydrogen-bond donors (Lipinski definition) is 4. The maximum Gasteiger partial charge on any atom is 0.211 e. The van der Waals surface area contributed by atoms with Crippen molar-refractivity contribution in [2.24, 2.45) is 56.2 Å². The minimum absolute atomic E-state index is 0.0286. The van der Waals surface area contributed by atoms with E-state index in [1.165, 1.54) is 6.42 Å². The zero-order chi connectivity index (χ0) is 19.4. The van der Waals surface area contributed by atoms with Gasteiger partial charge in [-0.1, -0.05) is 13.8 Å². The van der Waals surface area contributed by atoms with Crippen LogP contribution in [-0.4, -0.2) is 34.1 Å². The van der Waals surface area contributed by atoms with Gasteiger partial charge in [0.2, 0.25) is 5.96 Å². The summed E-state index contributed by atoms with van der Waals surface area (Å²) in [5.74, 6) is 1.71. The molecule has 3 unspecified atom stereocenters. The molecule has 0 radical (unpaired) electrons. The van der Waals surface area contributed by atoms with Gasteiger partial charge in [0.25, 0.3) is 0 Å². The van der Waals surface area contributed by atoms with Crippen LogP contribution in [0.4, 0.5) is 0 Å². The topological polar surface area (TPSA) is 117 Å². The number of hydrogen-bond acceptors (Lipinski definition) is 4. The van der Waals surface area contributed by atoms with Crippen LogP contribution in [0.15, 0.2) is 10.2 Å². The molecule has 4 aliphatic rings. The second-order valence-corrected chi connectivity index (χ2v) is 10.2. The molecule has 0 saturated heterocycles. The molecular formula is C21H36N4O2. The molecule has 0 bridgehead atoms. The van der Waals surface area contributed by atoms with Crippen LogP contribution in [-0.2, 0) is 0 Å². The van der Waals surface area contributed by atoms with Crippen molar-refractivity contribution in [3.05, 3.63) is 0 Å². The monoisotopic (exact) mass is 376 g/mol. The molecule has 4 saturated carbocycles. The lowest BCUT2D eigenvalue weighted by Gasteiger charge is -2.63. The Labute approximate surface area is 162 Å². The van der Waals surface area contributed by atoms with Crippen LogP contribution in [0.1, 0.15) is 71.6 Å². The first-order valence-electron chi connectivity index (χ1n) is 10.7. The van der Waals surface area contributed by atoms with Gasteiger partial charge in [0.15, 0.2) is 0 Å². The molecule has 6 nitrogen and oxygen atoms in total. The fraction of sp³-hybridized carbons (Fsp3) is 0.905. The van der Waals surface area contributed by atoms with Crippen LogP contribution in [0.25, 0.3) is 0 Å². The molecule has 6 heteroatoms. The van der Waals surface area contributed by atoms with Gasteiger partial charge >= 0.3 is 0 Å². The lowest BCUT2D eigenvalue weighted by Crippen LogP contribution is -2.62. The van der Waals surface area contributed by atoms with Crippen LogP contribution in [0.2, 0.25) is 0 Å². The smallest absolute Gasteiger partial charge is 0.211 e. The molecule has 8 atom stereocenters. The summed E-state index contributed by atoms with van der Waals surface area (Å²) >= 11 is 0. The molecule has 4 aliphatic carbocycles. The Kier molecular flexibility index (Phi) is 4.58. The Bertz CT molecular complexity index is 648. The molecule has 27 heavy (non-hydrogen) atoms. The van der Waals surface area contributed by atoms with E-state index in [1.807, 2.05) is 6.21 Å². The lowest BCUT2D eigenvalue weighted by molar-refractivity contribution is -0.206. The van der Waals surface area contributed by atoms with Crippen LogP contribution < -0.4 is 11.5 Å². The zero-order valence-electron chi connectivity index (χ0n) is 16.8. The molecule has 0 aromatic carbocycles. The SMILES string of the molecule is C[C@]12CCC(O)CC1CC[C@@H]1[C@H]2CC[C@]2(C)C(C=NN=C(N)N)CC[C@@]12O. The van der Waals surface area contributed by atoms with Crippen LogP contribution in [0.5, 0.6) is 0 Å². The van der Waals surface area contributed by atoms with Crippen molar-refractivity contribution in [3.63, 3.8) is 0 Å². The third-order valence-corrected chi connectivity index (χ3v) is 9.32. The fourth-order valence-corrected chi connectivity index (χ4v) is 7.66. The van der Waals surface area contributed by atoms with E-state index in [9.17, 15) is 10.2 Å². The summed E-state index contributed by atoms with van der Waals surface area (Å²) in [5.41, 5.74) is 10.3. The van der Waals surface area contributed by atoms with Crippen molar-refractivity contribution in [3.8, 4) is 0 Å². The molecule has 4 rings (SSSR count). The van der Waals surface area contributed by atoms with Crippen molar-refractivity contribution < 1.29 is 10.2 Å². The summed E-state index contributed by atoms with van der Waals surface area (Å²) in [6.45, 7) is 4.69. The molecule has 6 N–H and O–H groups in total. The fourth-order valence-electron chi connectivity index (χ4n) is 7.66. The van der Waals surface area contributed by atoms with E-state index in [1.54, 1.807) is 0 Å². The standard InChI is InChI=1S/C21H36N4O2/c1-19-8-6-15(26)11-13(19)3-4-17-16(19)7-9-20(2)14(5-10-21(17,20)27)12-24-25-18(22)23/h12-17,26-27H,3-11H2,1-2H3,(H4,22,23,25)/t13?,14?,15?,16-,17-,19+,20-,21-/m1/s1. The van der Waals surface area contributed by atoms with Gasteiger partial charge in [-0.25, -0.2) is 0 Å². The van der Waals surface area contributed by atoms with E-state index >= 15 is 0 Å². The number of aliphatic hydroxyl groups excluding tert-OH is 1. The van der Waals surface area contributed by atoms with Gasteiger partial charge < -0.3 is 21.7 Å². The summed E-state index contributed by atoms with van der Waals surface area (Å²) in [7, 11) is 0. The van der Waals surface area contributed by atoms with Gasteiger partial charge in [-0.3, -0.25) is 0 Å². The van der Waals surface area contributed by atoms with Crippen molar-refractivity contribution in [2.45, 2.75) is 83.3 Å². The quantitative estimate of drug-likeness (QED) is 0.336. The molecule has 0 aliphatic heterocycles. The predicted octanol–water partition coefficient (Wildman–Crippen LogP) is 2.38. The summed E-state index contributed by atoms with van der Waals surface area (Å²) in [4.78, 5) is 0. The molecule has 152 valence electrons. The van der Waals surface area contributed by atoms with Crippen molar-refractivity contribution in [2.75, 3.05) is 0 Å². The van der Waals surface area contributed by atoms with E-state index < -0.39 is 5.60 Å². The highest BCUT2D eigenvalue weighted by Crippen LogP contribution is 2.68. The largest absolute Gasteiger partial charge is 0.393 e. The summed E-state index contributed by atoms with van der Waals surface area (Å²) in [5, 5.41) is 30.0. The first-order chi connectivity index (χ1) is 12.7. The van der Waals surface area contributed by atoms with Crippen molar-refractivity contribution in [1.82, 2.24) is 0 Å². The van der Waals surface area contributed by atoms with E-state index in [-0.39, 0.29) is 28.8 Å². The summed E-state index contributed by atoms with van der Waals surface area (Å²) in [6.07, 6.45) is 10.9. The van der Waals surface area contributed by atoms with Crippen molar-refractivity contribution in [1.29, 1.82) is 0 Å². The number of rotatable bonds is 2. The second kappa shape index (κ2) is 6.45. The molecule has 0 aromatic heterocycles. The first-order valence-corrected chi connectivity index (χ1v) is 10.7. The first kappa shape index (κ1) is 19.2. The highest BCUT2D eigenvalue weighted by molar-refractivity contribution is 5.76. The number of nitrogens with zero attached hydrogens (tertiary/aromatic N) is 2. The summed E-state index contributed by atoms with van der Waals surface area (Å²) < 4.78 is 0. The summed E-state index contributed by atoms with van der Waals surface area (Å²) in [6, 6.07) is 0. The number of fused-ring (bicyclic) bond motifs is 5. The van der Waals surface area contributed by atoms with E-state index in [2.05, 4.69) is 24.1 Å². The minimum atomic E-state index is -0.630. The van der Waals surface area contributed by atoms with Gasteiger partial charge in [0, 0.05) is 17.5 Å². The van der Waals surface area contributed by atoms with E-state index in [0.29, 0.717) is 17.8 Å². The van der Waals surface area contributed by atoms with Gasteiger partial charge in [-0.05, 0) is 81.0 Å². The van der Waals surface area contributed by atoms with E-state index in [0.717, 1.165) is 51.4 Å². The van der Waals surface area contributed by atoms with Crippen LogP contribution >= 0.6 is 0 Å². The van der Waals surface area contributed by atoms with Gasteiger partial charge in [-0.2, -0.15) is 5.10 Å². The molecule has 4 fully saturated rings. The predicted molar refractivity (Wildman–Crippen MR) is 107 cm³/mol. The second-order valence-electron chi connectivity index (χ2n) is 10.2. The van der Waals surface area contributed by atoms with Crippen LogP contribution in [0.3, 0.4) is 0 Å². The molecular weight excluding hydrogens is 340 g/mol. The Morgan fingerprint density at radius 3 is 2.52 bits per heavy atom. The van der Waals surface area contributed by atoms with Gasteiger partial charge in [0.1, 0.15) is 0 Å². The average molecular weight is 377 g/mol. The average Bonchev–Trinajstić information content (AvgIpc) is 2.87. The third kappa shape index (κ3) is 2.74. The Hall–Kier alpha value is -1.14. The molecule has 0 aromatic rings. The Balaban J connectivity index is 1.60. The maximum atomic E-state index is 12.0. The lowest BCUT2D eigenvalue weighted by atomic mass is 9.43. The van der Waals surface area contributed by atoms with Crippen LogP contribution in [0, 0.1) is 34.5 Å². The molecule has 0 spiro atoms. The maximum absolute atomic E-state index is 12.0. The number of guanidine groups is 1. The Morgan fingerprint density at radius 1 is 1.00 bits per heavy atom. The number of aliphatic hydroxyl groups is 2. The third-order valence-electron chi connectivity index (χ3n) is 9.32. The zero-order valence-corrected chi connectivity index (χ0v) is 16.8. The molecule has 0 heterocycles. The highest BCUT2D eigenvalue weighted by Gasteiger charge is 2.66. The number of nitrogens with two attached hydrogens (primary N) is 2. The Morgan fingerprint density at radius 2 is 1.78 bits per heavy atom. The normalized spacial score (nSPS) is 52.1. The van der Waals surface area contributed by atoms with Gasteiger partial charge in [0.05, 0.1) is 11.7 Å². The molecule has 0 amide bonds. The highest BCUT2D eigenvalue weighted by atomic mass is 16.3. The van der Waals surface area contributed by atoms with E-state index in [4.69, 9.17) is 11.5 Å².